The zero-order chi connectivity index (χ0) is 15.3. The second kappa shape index (κ2) is 4.88. The van der Waals surface area contributed by atoms with Crippen LogP contribution in [0.2, 0.25) is 5.02 Å². The van der Waals surface area contributed by atoms with Crippen molar-refractivity contribution in [2.45, 2.75) is 25.7 Å². The van der Waals surface area contributed by atoms with E-state index in [0.29, 0.717) is 35.0 Å². The average Bonchev–Trinajstić information content (AvgIpc) is 2.84. The third-order valence-corrected chi connectivity index (χ3v) is 4.24. The highest BCUT2D eigenvalue weighted by Crippen LogP contribution is 2.32. The van der Waals surface area contributed by atoms with Crippen molar-refractivity contribution in [3.8, 4) is 0 Å². The summed E-state index contributed by atoms with van der Waals surface area (Å²) in [4.78, 5) is 21.3. The molecule has 0 radical (unpaired) electrons. The van der Waals surface area contributed by atoms with E-state index in [1.165, 1.54) is 0 Å². The molecule has 0 spiro atoms. The highest BCUT2D eigenvalue weighted by molar-refractivity contribution is 6.30. The van der Waals surface area contributed by atoms with Crippen LogP contribution in [-0.2, 0) is 6.42 Å². The molecule has 0 N–H and O–H groups in total. The maximum absolute atomic E-state index is 12.5. The van der Waals surface area contributed by atoms with E-state index < -0.39 is 0 Å². The van der Waals surface area contributed by atoms with Crippen LogP contribution in [-0.4, -0.2) is 25.4 Å². The van der Waals surface area contributed by atoms with E-state index >= 15 is 0 Å². The van der Waals surface area contributed by atoms with Crippen molar-refractivity contribution in [1.29, 1.82) is 0 Å². The Labute approximate surface area is 132 Å². The summed E-state index contributed by atoms with van der Waals surface area (Å²) in [6.07, 6.45) is 2.92. The Kier molecular flexibility index (Phi) is 2.97. The van der Waals surface area contributed by atoms with Gasteiger partial charge in [0.15, 0.2) is 5.78 Å². The molecule has 1 aromatic carbocycles. The molecule has 6 heteroatoms. The van der Waals surface area contributed by atoms with E-state index in [1.54, 1.807) is 10.7 Å². The van der Waals surface area contributed by atoms with E-state index in [0.717, 1.165) is 11.3 Å². The summed E-state index contributed by atoms with van der Waals surface area (Å²) >= 11 is 6.06. The van der Waals surface area contributed by atoms with E-state index in [4.69, 9.17) is 11.6 Å². The van der Waals surface area contributed by atoms with Gasteiger partial charge in [-0.15, -0.1) is 0 Å². The number of carbonyl (C=O) groups is 1. The molecule has 0 amide bonds. The van der Waals surface area contributed by atoms with Gasteiger partial charge in [-0.05, 0) is 37.0 Å². The number of aromatic nitrogens is 4. The standard InChI is InChI=1S/C16H13ClN4O/c1-9-18-16-19-14-6-11(10-3-2-4-12(17)5-10)7-15(22)13(14)8-21(16)20-9/h2-5,8,11H,6-7H2,1H3. The van der Waals surface area contributed by atoms with Gasteiger partial charge in [0, 0.05) is 17.6 Å². The van der Waals surface area contributed by atoms with Crippen LogP contribution in [0.4, 0.5) is 0 Å². The molecule has 0 aliphatic heterocycles. The Morgan fingerprint density at radius 3 is 2.95 bits per heavy atom. The maximum atomic E-state index is 12.5. The fourth-order valence-electron chi connectivity index (χ4n) is 2.98. The summed E-state index contributed by atoms with van der Waals surface area (Å²) < 4.78 is 1.58. The Morgan fingerprint density at radius 1 is 1.27 bits per heavy atom. The Balaban J connectivity index is 1.79. The van der Waals surface area contributed by atoms with Crippen molar-refractivity contribution in [2.75, 3.05) is 0 Å². The van der Waals surface area contributed by atoms with Crippen LogP contribution >= 0.6 is 11.6 Å². The molecule has 0 fully saturated rings. The van der Waals surface area contributed by atoms with Crippen molar-refractivity contribution in [1.82, 2.24) is 19.6 Å². The second-order valence-corrected chi connectivity index (χ2v) is 6.02. The molecule has 0 saturated heterocycles. The molecular formula is C16H13ClN4O. The predicted octanol–water partition coefficient (Wildman–Crippen LogP) is 3.00. The molecule has 22 heavy (non-hydrogen) atoms. The van der Waals surface area contributed by atoms with Gasteiger partial charge in [-0.3, -0.25) is 4.79 Å². The lowest BCUT2D eigenvalue weighted by atomic mass is 9.82. The lowest BCUT2D eigenvalue weighted by molar-refractivity contribution is 0.0962. The SMILES string of the molecule is Cc1nc2nc3c(cn2n1)C(=O)CC(c1cccc(Cl)c1)C3. The summed E-state index contributed by atoms with van der Waals surface area (Å²) in [6, 6.07) is 7.68. The fraction of sp³-hybridized carbons (Fsp3) is 0.250. The summed E-state index contributed by atoms with van der Waals surface area (Å²) in [5, 5.41) is 4.91. The first-order valence-corrected chi connectivity index (χ1v) is 7.49. The van der Waals surface area contributed by atoms with Gasteiger partial charge in [0.05, 0.1) is 11.3 Å². The fourth-order valence-corrected chi connectivity index (χ4v) is 3.18. The van der Waals surface area contributed by atoms with Crippen LogP contribution in [0.1, 0.15) is 39.8 Å². The smallest absolute Gasteiger partial charge is 0.252 e. The number of ketones is 1. The Bertz CT molecular complexity index is 902. The molecular weight excluding hydrogens is 300 g/mol. The molecule has 1 aliphatic carbocycles. The predicted molar refractivity (Wildman–Crippen MR) is 82.4 cm³/mol. The van der Waals surface area contributed by atoms with Gasteiger partial charge < -0.3 is 0 Å². The van der Waals surface area contributed by atoms with Gasteiger partial charge in [0.25, 0.3) is 5.78 Å². The van der Waals surface area contributed by atoms with E-state index in [9.17, 15) is 4.79 Å². The van der Waals surface area contributed by atoms with Crippen LogP contribution in [0.3, 0.4) is 0 Å². The minimum absolute atomic E-state index is 0.0915. The van der Waals surface area contributed by atoms with E-state index in [-0.39, 0.29) is 11.7 Å². The number of hydrogen-bond acceptors (Lipinski definition) is 4. The molecule has 0 saturated carbocycles. The van der Waals surface area contributed by atoms with Crippen molar-refractivity contribution in [3.05, 3.63) is 58.1 Å². The minimum atomic E-state index is 0.0915. The van der Waals surface area contributed by atoms with Gasteiger partial charge >= 0.3 is 0 Å². The number of rotatable bonds is 1. The molecule has 2 aromatic heterocycles. The van der Waals surface area contributed by atoms with E-state index in [1.807, 2.05) is 31.2 Å². The van der Waals surface area contributed by atoms with Crippen molar-refractivity contribution < 1.29 is 4.79 Å². The number of aryl methyl sites for hydroxylation is 1. The first-order valence-electron chi connectivity index (χ1n) is 7.12. The number of Topliss-reactive ketones (excluding diaryl/α,β-unsaturated/α-hetero) is 1. The van der Waals surface area contributed by atoms with Crippen LogP contribution in [0.25, 0.3) is 5.78 Å². The van der Waals surface area contributed by atoms with Crippen molar-refractivity contribution in [3.63, 3.8) is 0 Å². The Hall–Kier alpha value is -2.27. The zero-order valence-electron chi connectivity index (χ0n) is 12.0. The molecule has 2 heterocycles. The number of nitrogens with zero attached hydrogens (tertiary/aromatic N) is 4. The normalized spacial score (nSPS) is 17.7. The molecule has 5 nitrogen and oxygen atoms in total. The van der Waals surface area contributed by atoms with Gasteiger partial charge in [-0.2, -0.15) is 10.1 Å². The van der Waals surface area contributed by atoms with Gasteiger partial charge in [-0.25, -0.2) is 9.50 Å². The average molecular weight is 313 g/mol. The molecule has 1 unspecified atom stereocenters. The largest absolute Gasteiger partial charge is 0.294 e. The van der Waals surface area contributed by atoms with Crippen molar-refractivity contribution >= 4 is 23.2 Å². The Morgan fingerprint density at radius 2 is 2.14 bits per heavy atom. The molecule has 0 bridgehead atoms. The number of benzene rings is 1. The highest BCUT2D eigenvalue weighted by Gasteiger charge is 2.28. The molecule has 110 valence electrons. The van der Waals surface area contributed by atoms with Gasteiger partial charge in [0.1, 0.15) is 5.82 Å². The second-order valence-electron chi connectivity index (χ2n) is 5.59. The number of carbonyl (C=O) groups excluding carboxylic acids is 1. The van der Waals surface area contributed by atoms with E-state index in [2.05, 4.69) is 15.1 Å². The summed E-state index contributed by atoms with van der Waals surface area (Å²) in [6.45, 7) is 1.81. The summed E-state index contributed by atoms with van der Waals surface area (Å²) in [7, 11) is 0. The van der Waals surface area contributed by atoms with Gasteiger partial charge in [0.2, 0.25) is 0 Å². The first kappa shape index (κ1) is 13.4. The van der Waals surface area contributed by atoms with Crippen LogP contribution in [0.15, 0.2) is 30.5 Å². The lowest BCUT2D eigenvalue weighted by Crippen LogP contribution is -2.21. The number of fused-ring (bicyclic) bond motifs is 2. The molecule has 1 atom stereocenters. The first-order chi connectivity index (χ1) is 10.6. The van der Waals surface area contributed by atoms with Crippen LogP contribution < -0.4 is 0 Å². The monoisotopic (exact) mass is 312 g/mol. The third kappa shape index (κ3) is 2.18. The third-order valence-electron chi connectivity index (χ3n) is 4.01. The molecule has 3 aromatic rings. The summed E-state index contributed by atoms with van der Waals surface area (Å²) in [5.41, 5.74) is 2.52. The number of halogens is 1. The lowest BCUT2D eigenvalue weighted by Gasteiger charge is -2.23. The molecule has 4 rings (SSSR count). The highest BCUT2D eigenvalue weighted by atomic mass is 35.5. The van der Waals surface area contributed by atoms with Crippen LogP contribution in [0.5, 0.6) is 0 Å². The number of hydrogen-bond donors (Lipinski definition) is 0. The van der Waals surface area contributed by atoms with Crippen LogP contribution in [0, 0.1) is 6.92 Å². The topological polar surface area (TPSA) is 60.1 Å². The van der Waals surface area contributed by atoms with Gasteiger partial charge in [-0.1, -0.05) is 23.7 Å². The minimum Gasteiger partial charge on any atom is -0.294 e. The quantitative estimate of drug-likeness (QED) is 0.693. The van der Waals surface area contributed by atoms with Crippen molar-refractivity contribution in [2.24, 2.45) is 0 Å². The maximum Gasteiger partial charge on any atom is 0.252 e. The summed E-state index contributed by atoms with van der Waals surface area (Å²) in [5.74, 6) is 1.39. The molecule has 1 aliphatic rings. The zero-order valence-corrected chi connectivity index (χ0v) is 12.7.